The maximum atomic E-state index is 11.7. The molecule has 1 amide bonds. The summed E-state index contributed by atoms with van der Waals surface area (Å²) in [5.41, 5.74) is 0.265. The summed E-state index contributed by atoms with van der Waals surface area (Å²) in [7, 11) is 0. The molecule has 0 saturated carbocycles. The van der Waals surface area contributed by atoms with Crippen LogP contribution in [0.2, 0.25) is 0 Å². The average molecular weight is 231 g/mol. The van der Waals surface area contributed by atoms with E-state index in [1.807, 2.05) is 6.07 Å². The zero-order valence-corrected chi connectivity index (χ0v) is 9.31. The minimum Gasteiger partial charge on any atom is -0.357 e. The number of carbonyl (C=O) groups excluding carboxylic acids is 1. The molecule has 1 unspecified atom stereocenters. The molecule has 0 spiro atoms. The molecule has 88 valence electrons. The highest BCUT2D eigenvalue weighted by molar-refractivity contribution is 5.84. The van der Waals surface area contributed by atoms with Crippen LogP contribution in [0.15, 0.2) is 12.4 Å². The van der Waals surface area contributed by atoms with Crippen molar-refractivity contribution in [3.63, 3.8) is 0 Å². The van der Waals surface area contributed by atoms with Crippen molar-refractivity contribution in [3.8, 4) is 6.07 Å². The second-order valence-corrected chi connectivity index (χ2v) is 3.88. The van der Waals surface area contributed by atoms with Gasteiger partial charge in [-0.05, 0) is 19.3 Å². The molecule has 2 heterocycles. The summed E-state index contributed by atoms with van der Waals surface area (Å²) in [5, 5.41) is 14.5. The van der Waals surface area contributed by atoms with Crippen LogP contribution >= 0.6 is 0 Å². The Bertz CT molecular complexity index is 436. The molecule has 1 saturated heterocycles. The van der Waals surface area contributed by atoms with Gasteiger partial charge in [-0.25, -0.2) is 9.97 Å². The molecular weight excluding hydrogens is 218 g/mol. The zero-order valence-electron chi connectivity index (χ0n) is 9.31. The van der Waals surface area contributed by atoms with E-state index < -0.39 is 0 Å². The molecule has 17 heavy (non-hydrogen) atoms. The number of rotatable bonds is 2. The second-order valence-electron chi connectivity index (χ2n) is 3.88. The van der Waals surface area contributed by atoms with E-state index in [4.69, 9.17) is 5.26 Å². The molecule has 0 aromatic carbocycles. The van der Waals surface area contributed by atoms with Gasteiger partial charge in [0.15, 0.2) is 5.69 Å². The van der Waals surface area contributed by atoms with Gasteiger partial charge in [-0.1, -0.05) is 0 Å². The number of amides is 1. The van der Waals surface area contributed by atoms with Crippen molar-refractivity contribution in [2.45, 2.75) is 25.3 Å². The highest BCUT2D eigenvalue weighted by Gasteiger charge is 2.20. The molecule has 1 aliphatic heterocycles. The van der Waals surface area contributed by atoms with Crippen LogP contribution in [-0.4, -0.2) is 28.5 Å². The first-order chi connectivity index (χ1) is 8.29. The molecule has 1 aliphatic rings. The summed E-state index contributed by atoms with van der Waals surface area (Å²) in [6.07, 6.45) is 5.64. The summed E-state index contributed by atoms with van der Waals surface area (Å²) in [4.78, 5) is 19.6. The number of carbonyl (C=O) groups is 1. The standard InChI is InChI=1S/C11H13N5O/c12-5-8-6-15-10(7-14-8)16-9-3-1-2-4-13-11(9)17/h6-7,9H,1-4H2,(H,13,17)(H,15,16). The number of nitrogens with one attached hydrogen (secondary N) is 2. The van der Waals surface area contributed by atoms with E-state index in [1.165, 1.54) is 12.4 Å². The molecule has 1 fully saturated rings. The van der Waals surface area contributed by atoms with E-state index in [0.29, 0.717) is 5.82 Å². The minimum atomic E-state index is -0.264. The van der Waals surface area contributed by atoms with Crippen molar-refractivity contribution in [3.05, 3.63) is 18.1 Å². The van der Waals surface area contributed by atoms with E-state index in [2.05, 4.69) is 20.6 Å². The Morgan fingerprint density at radius 3 is 3.00 bits per heavy atom. The number of aromatic nitrogens is 2. The van der Waals surface area contributed by atoms with Crippen LogP contribution < -0.4 is 10.6 Å². The van der Waals surface area contributed by atoms with Crippen molar-refractivity contribution >= 4 is 11.7 Å². The molecule has 0 radical (unpaired) electrons. The normalized spacial score (nSPS) is 19.9. The first kappa shape index (κ1) is 11.3. The molecular formula is C11H13N5O. The topological polar surface area (TPSA) is 90.7 Å². The lowest BCUT2D eigenvalue weighted by molar-refractivity contribution is -0.121. The molecule has 1 atom stereocenters. The summed E-state index contributed by atoms with van der Waals surface area (Å²) in [6.45, 7) is 0.732. The fourth-order valence-corrected chi connectivity index (χ4v) is 1.72. The van der Waals surface area contributed by atoms with E-state index in [0.717, 1.165) is 25.8 Å². The smallest absolute Gasteiger partial charge is 0.242 e. The Morgan fingerprint density at radius 2 is 2.29 bits per heavy atom. The minimum absolute atomic E-state index is 0.00587. The first-order valence-electron chi connectivity index (χ1n) is 5.56. The molecule has 1 aromatic heterocycles. The third-order valence-corrected chi connectivity index (χ3v) is 2.62. The monoisotopic (exact) mass is 231 g/mol. The van der Waals surface area contributed by atoms with Crippen molar-refractivity contribution in [2.24, 2.45) is 0 Å². The number of anilines is 1. The summed E-state index contributed by atoms with van der Waals surface area (Å²) in [6, 6.07) is 1.63. The highest BCUT2D eigenvalue weighted by atomic mass is 16.2. The predicted molar refractivity (Wildman–Crippen MR) is 61.0 cm³/mol. The zero-order chi connectivity index (χ0) is 12.1. The Labute approximate surface area is 99.1 Å². The lowest BCUT2D eigenvalue weighted by atomic mass is 10.1. The Balaban J connectivity index is 2.03. The van der Waals surface area contributed by atoms with E-state index in [-0.39, 0.29) is 17.6 Å². The van der Waals surface area contributed by atoms with Gasteiger partial charge in [0.05, 0.1) is 12.4 Å². The van der Waals surface area contributed by atoms with Crippen LogP contribution in [0.4, 0.5) is 5.82 Å². The predicted octanol–water partition coefficient (Wildman–Crippen LogP) is 0.429. The number of hydrogen-bond donors (Lipinski definition) is 2. The van der Waals surface area contributed by atoms with Crippen LogP contribution in [0, 0.1) is 11.3 Å². The Morgan fingerprint density at radius 1 is 1.41 bits per heavy atom. The number of hydrogen-bond acceptors (Lipinski definition) is 5. The summed E-state index contributed by atoms with van der Waals surface area (Å²) in [5.74, 6) is 0.514. The summed E-state index contributed by atoms with van der Waals surface area (Å²) >= 11 is 0. The van der Waals surface area contributed by atoms with Crippen LogP contribution in [-0.2, 0) is 4.79 Å². The van der Waals surface area contributed by atoms with E-state index in [9.17, 15) is 4.79 Å². The average Bonchev–Trinajstić information content (AvgIpc) is 2.56. The van der Waals surface area contributed by atoms with Crippen LogP contribution in [0.25, 0.3) is 0 Å². The SMILES string of the molecule is N#Cc1cnc(NC2CCCCNC2=O)cn1. The van der Waals surface area contributed by atoms with Gasteiger partial charge in [0.1, 0.15) is 17.9 Å². The van der Waals surface area contributed by atoms with Crippen molar-refractivity contribution < 1.29 is 4.79 Å². The van der Waals surface area contributed by atoms with Gasteiger partial charge in [0.2, 0.25) is 5.91 Å². The number of nitriles is 1. The van der Waals surface area contributed by atoms with Crippen LogP contribution in [0.3, 0.4) is 0 Å². The van der Waals surface area contributed by atoms with Crippen molar-refractivity contribution in [1.29, 1.82) is 5.26 Å². The third-order valence-electron chi connectivity index (χ3n) is 2.62. The van der Waals surface area contributed by atoms with Gasteiger partial charge in [0.25, 0.3) is 0 Å². The van der Waals surface area contributed by atoms with Crippen LogP contribution in [0.5, 0.6) is 0 Å². The third kappa shape index (κ3) is 2.91. The van der Waals surface area contributed by atoms with Crippen molar-refractivity contribution in [1.82, 2.24) is 15.3 Å². The summed E-state index contributed by atoms with van der Waals surface area (Å²) < 4.78 is 0. The number of nitrogens with zero attached hydrogens (tertiary/aromatic N) is 3. The van der Waals surface area contributed by atoms with Crippen LogP contribution in [0.1, 0.15) is 25.0 Å². The maximum absolute atomic E-state index is 11.7. The molecule has 6 nitrogen and oxygen atoms in total. The molecule has 0 aliphatic carbocycles. The lowest BCUT2D eigenvalue weighted by Gasteiger charge is -2.15. The van der Waals surface area contributed by atoms with Gasteiger partial charge in [-0.2, -0.15) is 5.26 Å². The molecule has 0 bridgehead atoms. The van der Waals surface area contributed by atoms with Gasteiger partial charge in [-0.3, -0.25) is 4.79 Å². The lowest BCUT2D eigenvalue weighted by Crippen LogP contribution is -2.38. The second kappa shape index (κ2) is 5.25. The van der Waals surface area contributed by atoms with Gasteiger partial charge in [0, 0.05) is 6.54 Å². The van der Waals surface area contributed by atoms with Gasteiger partial charge >= 0.3 is 0 Å². The molecule has 2 rings (SSSR count). The van der Waals surface area contributed by atoms with Gasteiger partial charge < -0.3 is 10.6 Å². The molecule has 6 heteroatoms. The molecule has 1 aromatic rings. The Hall–Kier alpha value is -2.16. The van der Waals surface area contributed by atoms with Gasteiger partial charge in [-0.15, -0.1) is 0 Å². The highest BCUT2D eigenvalue weighted by Crippen LogP contribution is 2.10. The maximum Gasteiger partial charge on any atom is 0.242 e. The fourth-order valence-electron chi connectivity index (χ4n) is 1.72. The van der Waals surface area contributed by atoms with E-state index >= 15 is 0 Å². The largest absolute Gasteiger partial charge is 0.357 e. The first-order valence-corrected chi connectivity index (χ1v) is 5.56. The Kier molecular flexibility index (Phi) is 3.50. The van der Waals surface area contributed by atoms with E-state index in [1.54, 1.807) is 0 Å². The molecule has 2 N–H and O–H groups in total. The van der Waals surface area contributed by atoms with Crippen molar-refractivity contribution in [2.75, 3.05) is 11.9 Å². The quantitative estimate of drug-likeness (QED) is 0.770. The fraction of sp³-hybridized carbons (Fsp3) is 0.455.